The smallest absolute Gasteiger partial charge is 0.416 e. The number of benzene rings is 3. The van der Waals surface area contributed by atoms with E-state index >= 15 is 0 Å². The van der Waals surface area contributed by atoms with Crippen LogP contribution in [-0.4, -0.2) is 15.8 Å². The van der Waals surface area contributed by atoms with Gasteiger partial charge in [-0.25, -0.2) is 9.37 Å². The summed E-state index contributed by atoms with van der Waals surface area (Å²) in [7, 11) is 0. The Balaban J connectivity index is 1.50. The lowest BCUT2D eigenvalue weighted by Crippen LogP contribution is -2.25. The molecule has 1 N–H and O–H groups in total. The molecule has 36 heavy (non-hydrogen) atoms. The molecule has 0 saturated heterocycles. The lowest BCUT2D eigenvalue weighted by Gasteiger charge is -2.23. The van der Waals surface area contributed by atoms with Gasteiger partial charge >= 0.3 is 6.18 Å². The maximum Gasteiger partial charge on any atom is 0.416 e. The van der Waals surface area contributed by atoms with Gasteiger partial charge in [-0.3, -0.25) is 9.69 Å². The Morgan fingerprint density at radius 2 is 1.56 bits per heavy atom. The third-order valence-electron chi connectivity index (χ3n) is 5.48. The number of oxazole rings is 1. The first-order chi connectivity index (χ1) is 17.3. The first kappa shape index (κ1) is 25.1. The summed E-state index contributed by atoms with van der Waals surface area (Å²) >= 11 is 0. The second kappa shape index (κ2) is 11.2. The maximum absolute atomic E-state index is 13.5. The summed E-state index contributed by atoms with van der Waals surface area (Å²) in [6.07, 6.45) is -3.29. The molecule has 0 aliphatic rings. The second-order valence-electron chi connectivity index (χ2n) is 8.22. The molecule has 0 radical (unpaired) electrons. The van der Waals surface area contributed by atoms with E-state index in [9.17, 15) is 22.4 Å². The molecule has 0 unspecified atom stereocenters. The van der Waals surface area contributed by atoms with Crippen LogP contribution in [0.2, 0.25) is 0 Å². The standard InChI is InChI=1S/C27H23F4N3O2/c28-22-12-10-20(11-13-22)15-34(16-21-8-4-5-9-23(21)27(29,30)31)17-25-33-24(18-36-25)26(35)32-14-19-6-2-1-3-7-19/h1-13,18H,14-17H2,(H,32,35). The van der Waals surface area contributed by atoms with E-state index in [1.165, 1.54) is 30.5 Å². The van der Waals surface area contributed by atoms with Gasteiger partial charge in [0.1, 0.15) is 12.1 Å². The molecule has 0 saturated carbocycles. The van der Waals surface area contributed by atoms with Crippen molar-refractivity contribution in [2.45, 2.75) is 32.4 Å². The molecule has 1 heterocycles. The average molecular weight is 497 g/mol. The number of aromatic nitrogens is 1. The van der Waals surface area contributed by atoms with E-state index in [1.54, 1.807) is 23.1 Å². The third-order valence-corrected chi connectivity index (χ3v) is 5.48. The molecule has 0 atom stereocenters. The zero-order valence-electron chi connectivity index (χ0n) is 19.1. The van der Waals surface area contributed by atoms with Gasteiger partial charge in [-0.2, -0.15) is 13.2 Å². The van der Waals surface area contributed by atoms with Gasteiger partial charge in [0.25, 0.3) is 5.91 Å². The lowest BCUT2D eigenvalue weighted by atomic mass is 10.1. The summed E-state index contributed by atoms with van der Waals surface area (Å²) in [5.41, 5.74) is 1.04. The number of hydrogen-bond donors (Lipinski definition) is 1. The summed E-state index contributed by atoms with van der Waals surface area (Å²) in [6.45, 7) is 0.498. The van der Waals surface area contributed by atoms with Gasteiger partial charge < -0.3 is 9.73 Å². The second-order valence-corrected chi connectivity index (χ2v) is 8.22. The first-order valence-corrected chi connectivity index (χ1v) is 11.2. The van der Waals surface area contributed by atoms with Gasteiger partial charge in [0, 0.05) is 19.6 Å². The molecule has 1 amide bonds. The number of nitrogens with one attached hydrogen (secondary N) is 1. The van der Waals surface area contributed by atoms with Crippen molar-refractivity contribution in [3.8, 4) is 0 Å². The quantitative estimate of drug-likeness (QED) is 0.290. The van der Waals surface area contributed by atoms with E-state index in [4.69, 9.17) is 4.42 Å². The molecule has 0 bridgehead atoms. The van der Waals surface area contributed by atoms with Crippen LogP contribution in [0.5, 0.6) is 0 Å². The highest BCUT2D eigenvalue weighted by molar-refractivity contribution is 5.91. The van der Waals surface area contributed by atoms with Gasteiger partial charge in [-0.05, 0) is 34.9 Å². The molecular formula is C27H23F4N3O2. The third kappa shape index (κ3) is 6.79. The number of alkyl halides is 3. The SMILES string of the molecule is O=C(NCc1ccccc1)c1coc(CN(Cc2ccc(F)cc2)Cc2ccccc2C(F)(F)F)n1. The average Bonchev–Trinajstić information content (AvgIpc) is 3.33. The van der Waals surface area contributed by atoms with Crippen LogP contribution >= 0.6 is 0 Å². The fraction of sp³-hybridized carbons (Fsp3) is 0.185. The molecule has 0 spiro atoms. The predicted molar refractivity (Wildman–Crippen MR) is 125 cm³/mol. The van der Waals surface area contributed by atoms with Crippen LogP contribution < -0.4 is 5.32 Å². The van der Waals surface area contributed by atoms with Crippen molar-refractivity contribution < 1.29 is 26.8 Å². The molecule has 1 aromatic heterocycles. The van der Waals surface area contributed by atoms with Crippen LogP contribution in [0.4, 0.5) is 17.6 Å². The Morgan fingerprint density at radius 1 is 0.861 bits per heavy atom. The van der Waals surface area contributed by atoms with Crippen molar-refractivity contribution >= 4 is 5.91 Å². The fourth-order valence-corrected chi connectivity index (χ4v) is 3.74. The van der Waals surface area contributed by atoms with E-state index in [-0.39, 0.29) is 36.8 Å². The number of hydrogen-bond acceptors (Lipinski definition) is 4. The van der Waals surface area contributed by atoms with Crippen molar-refractivity contribution in [1.82, 2.24) is 15.2 Å². The Kier molecular flexibility index (Phi) is 7.80. The van der Waals surface area contributed by atoms with Gasteiger partial charge in [0.15, 0.2) is 5.69 Å². The number of amides is 1. The molecule has 4 rings (SSSR count). The fourth-order valence-electron chi connectivity index (χ4n) is 3.74. The number of carbonyl (C=O) groups excluding carboxylic acids is 1. The normalized spacial score (nSPS) is 11.6. The molecule has 0 aliphatic carbocycles. The van der Waals surface area contributed by atoms with Gasteiger partial charge in [-0.15, -0.1) is 0 Å². The summed E-state index contributed by atoms with van der Waals surface area (Å²) in [5, 5.41) is 2.76. The van der Waals surface area contributed by atoms with Crippen molar-refractivity contribution in [3.63, 3.8) is 0 Å². The molecule has 5 nitrogen and oxygen atoms in total. The summed E-state index contributed by atoms with van der Waals surface area (Å²) in [4.78, 5) is 18.4. The van der Waals surface area contributed by atoms with Gasteiger partial charge in [0.05, 0.1) is 12.1 Å². The van der Waals surface area contributed by atoms with Crippen LogP contribution in [0.25, 0.3) is 0 Å². The van der Waals surface area contributed by atoms with Crippen molar-refractivity contribution in [2.75, 3.05) is 0 Å². The van der Waals surface area contributed by atoms with Crippen LogP contribution in [0, 0.1) is 5.82 Å². The van der Waals surface area contributed by atoms with E-state index in [0.717, 1.165) is 11.6 Å². The minimum atomic E-state index is -4.51. The number of rotatable bonds is 9. The molecule has 3 aromatic carbocycles. The zero-order valence-corrected chi connectivity index (χ0v) is 19.1. The highest BCUT2D eigenvalue weighted by atomic mass is 19.4. The maximum atomic E-state index is 13.5. The van der Waals surface area contributed by atoms with Gasteiger partial charge in [-0.1, -0.05) is 60.7 Å². The zero-order chi connectivity index (χ0) is 25.5. The summed E-state index contributed by atoms with van der Waals surface area (Å²) < 4.78 is 59.5. The molecule has 186 valence electrons. The Hall–Kier alpha value is -3.98. The van der Waals surface area contributed by atoms with Crippen molar-refractivity contribution in [1.29, 1.82) is 0 Å². The van der Waals surface area contributed by atoms with E-state index in [1.807, 2.05) is 30.3 Å². The van der Waals surface area contributed by atoms with Crippen molar-refractivity contribution in [3.05, 3.63) is 125 Å². The van der Waals surface area contributed by atoms with Crippen LogP contribution in [0.1, 0.15) is 38.6 Å². The van der Waals surface area contributed by atoms with Crippen LogP contribution in [0.15, 0.2) is 89.5 Å². The Morgan fingerprint density at radius 3 is 2.28 bits per heavy atom. The number of halogens is 4. The minimum absolute atomic E-state index is 0.0372. The van der Waals surface area contributed by atoms with Gasteiger partial charge in [0.2, 0.25) is 5.89 Å². The summed E-state index contributed by atoms with van der Waals surface area (Å²) in [6, 6.07) is 20.4. The monoisotopic (exact) mass is 497 g/mol. The topological polar surface area (TPSA) is 58.4 Å². The van der Waals surface area contributed by atoms with Crippen LogP contribution in [0.3, 0.4) is 0 Å². The van der Waals surface area contributed by atoms with Crippen LogP contribution in [-0.2, 0) is 32.4 Å². The Labute approximate surface area is 205 Å². The van der Waals surface area contributed by atoms with E-state index < -0.39 is 23.5 Å². The molecule has 0 aliphatic heterocycles. The molecule has 4 aromatic rings. The highest BCUT2D eigenvalue weighted by Crippen LogP contribution is 2.32. The largest absolute Gasteiger partial charge is 0.447 e. The Bertz CT molecular complexity index is 1290. The molecule has 9 heteroatoms. The first-order valence-electron chi connectivity index (χ1n) is 11.2. The van der Waals surface area contributed by atoms with Crippen molar-refractivity contribution in [2.24, 2.45) is 0 Å². The summed E-state index contributed by atoms with van der Waals surface area (Å²) in [5.74, 6) is -0.667. The molecular weight excluding hydrogens is 474 g/mol. The highest BCUT2D eigenvalue weighted by Gasteiger charge is 2.33. The minimum Gasteiger partial charge on any atom is -0.447 e. The predicted octanol–water partition coefficient (Wildman–Crippen LogP) is 5.96. The van der Waals surface area contributed by atoms with E-state index in [2.05, 4.69) is 10.3 Å². The lowest BCUT2D eigenvalue weighted by molar-refractivity contribution is -0.138. The number of nitrogens with zero attached hydrogens (tertiary/aromatic N) is 2. The number of carbonyl (C=O) groups is 1. The molecule has 0 fully saturated rings. The van der Waals surface area contributed by atoms with E-state index in [0.29, 0.717) is 12.1 Å².